The fourth-order valence-corrected chi connectivity index (χ4v) is 3.48. The van der Waals surface area contributed by atoms with Crippen LogP contribution in [0.1, 0.15) is 21.5 Å². The van der Waals surface area contributed by atoms with E-state index < -0.39 is 0 Å². The van der Waals surface area contributed by atoms with Gasteiger partial charge in [0.1, 0.15) is 0 Å². The van der Waals surface area contributed by atoms with Crippen molar-refractivity contribution in [3.8, 4) is 0 Å². The highest BCUT2D eigenvalue weighted by Gasteiger charge is 2.12. The molecule has 1 aromatic carbocycles. The zero-order valence-electron chi connectivity index (χ0n) is 15.0. The van der Waals surface area contributed by atoms with E-state index in [2.05, 4.69) is 9.97 Å². The number of hydrogen-bond acceptors (Lipinski definition) is 4. The molecule has 5 nitrogen and oxygen atoms in total. The second-order valence-corrected chi connectivity index (χ2v) is 7.08. The molecule has 0 unspecified atom stereocenters. The molecule has 6 heteroatoms. The summed E-state index contributed by atoms with van der Waals surface area (Å²) < 4.78 is 1.99. The van der Waals surface area contributed by atoms with Crippen molar-refractivity contribution < 1.29 is 4.79 Å². The molecule has 0 atom stereocenters. The molecule has 0 N–H and O–H groups in total. The predicted molar refractivity (Wildman–Crippen MR) is 104 cm³/mol. The number of thioether (sulfide) groups is 1. The molecule has 0 saturated heterocycles. The highest BCUT2D eigenvalue weighted by atomic mass is 32.2. The van der Waals surface area contributed by atoms with E-state index in [4.69, 9.17) is 0 Å². The van der Waals surface area contributed by atoms with Gasteiger partial charge in [-0.15, -0.1) is 0 Å². The van der Waals surface area contributed by atoms with Gasteiger partial charge in [-0.2, -0.15) is 0 Å². The number of carbonyl (C=O) groups excluding carboxylic acids is 1. The molecule has 134 valence electrons. The Bertz CT molecular complexity index is 863. The van der Waals surface area contributed by atoms with E-state index in [1.807, 2.05) is 61.3 Å². The Labute approximate surface area is 158 Å². The van der Waals surface area contributed by atoms with Crippen LogP contribution in [0.3, 0.4) is 0 Å². The lowest BCUT2D eigenvalue weighted by molar-refractivity contribution is 0.0796. The van der Waals surface area contributed by atoms with Gasteiger partial charge >= 0.3 is 0 Å². The lowest BCUT2D eigenvalue weighted by Crippen LogP contribution is -2.28. The van der Waals surface area contributed by atoms with Crippen LogP contribution in [0.5, 0.6) is 0 Å². The summed E-state index contributed by atoms with van der Waals surface area (Å²) >= 11 is 1.66. The number of likely N-dealkylation sites (N-methyl/N-ethyl adjacent to an activating group) is 1. The second-order valence-electron chi connectivity index (χ2n) is 6.14. The van der Waals surface area contributed by atoms with Crippen molar-refractivity contribution in [2.45, 2.75) is 17.3 Å². The molecular formula is C20H22N4OS. The first-order chi connectivity index (χ1) is 12.6. The van der Waals surface area contributed by atoms with Crippen LogP contribution >= 0.6 is 11.8 Å². The van der Waals surface area contributed by atoms with Crippen molar-refractivity contribution in [3.05, 3.63) is 77.9 Å². The van der Waals surface area contributed by atoms with Gasteiger partial charge in [0.15, 0.2) is 5.16 Å². The number of nitrogens with zero attached hydrogens (tertiary/aromatic N) is 4. The monoisotopic (exact) mass is 366 g/mol. The molecule has 2 heterocycles. The average Bonchev–Trinajstić information content (AvgIpc) is 3.09. The lowest BCUT2D eigenvalue weighted by Gasteiger charge is -2.17. The molecule has 0 radical (unpaired) electrons. The van der Waals surface area contributed by atoms with Gasteiger partial charge in [0.05, 0.1) is 0 Å². The third-order valence-electron chi connectivity index (χ3n) is 4.15. The van der Waals surface area contributed by atoms with Gasteiger partial charge in [-0.05, 0) is 41.8 Å². The minimum Gasteiger partial charge on any atom is -0.341 e. The molecule has 2 aromatic heterocycles. The van der Waals surface area contributed by atoms with Crippen molar-refractivity contribution in [2.75, 3.05) is 13.6 Å². The van der Waals surface area contributed by atoms with Crippen LogP contribution in [-0.4, -0.2) is 38.9 Å². The number of aryl methyl sites for hydroxylation is 1. The number of aromatic nitrogens is 3. The van der Waals surface area contributed by atoms with Crippen molar-refractivity contribution in [2.24, 2.45) is 7.05 Å². The fraction of sp³-hybridized carbons (Fsp3) is 0.250. The molecular weight excluding hydrogens is 344 g/mol. The second kappa shape index (κ2) is 8.67. The fourth-order valence-electron chi connectivity index (χ4n) is 2.60. The zero-order valence-corrected chi connectivity index (χ0v) is 15.8. The third-order valence-corrected chi connectivity index (χ3v) is 5.28. The SMILES string of the molecule is CN(CCc1ccncc1)C(=O)c1cccc(CSc2nccn2C)c1. The molecule has 26 heavy (non-hydrogen) atoms. The number of pyridine rings is 1. The minimum absolute atomic E-state index is 0.0443. The summed E-state index contributed by atoms with van der Waals surface area (Å²) in [5.41, 5.74) is 3.02. The Hall–Kier alpha value is -2.60. The maximum Gasteiger partial charge on any atom is 0.253 e. The molecule has 3 aromatic rings. The average molecular weight is 366 g/mol. The van der Waals surface area contributed by atoms with Crippen molar-refractivity contribution in [1.82, 2.24) is 19.4 Å². The summed E-state index contributed by atoms with van der Waals surface area (Å²) in [6, 6.07) is 11.8. The first-order valence-electron chi connectivity index (χ1n) is 8.47. The van der Waals surface area contributed by atoms with Crippen LogP contribution in [0.2, 0.25) is 0 Å². The summed E-state index contributed by atoms with van der Waals surface area (Å²) in [5.74, 6) is 0.829. The van der Waals surface area contributed by atoms with E-state index in [9.17, 15) is 4.79 Å². The Morgan fingerprint density at radius 1 is 1.15 bits per heavy atom. The van der Waals surface area contributed by atoms with Crippen LogP contribution < -0.4 is 0 Å². The van der Waals surface area contributed by atoms with Gasteiger partial charge in [-0.25, -0.2) is 4.98 Å². The van der Waals surface area contributed by atoms with Crippen LogP contribution in [0.15, 0.2) is 66.3 Å². The van der Waals surface area contributed by atoms with Gasteiger partial charge < -0.3 is 9.47 Å². The van der Waals surface area contributed by atoms with Crippen LogP contribution in [-0.2, 0) is 19.2 Å². The molecule has 0 aliphatic rings. The maximum atomic E-state index is 12.7. The van der Waals surface area contributed by atoms with Crippen molar-refractivity contribution in [1.29, 1.82) is 0 Å². The third kappa shape index (κ3) is 4.73. The zero-order chi connectivity index (χ0) is 18.4. The molecule has 0 fully saturated rings. The van der Waals surface area contributed by atoms with E-state index in [1.54, 1.807) is 35.3 Å². The van der Waals surface area contributed by atoms with Crippen LogP contribution in [0.4, 0.5) is 0 Å². The van der Waals surface area contributed by atoms with Crippen molar-refractivity contribution >= 4 is 17.7 Å². The maximum absolute atomic E-state index is 12.7. The number of hydrogen-bond donors (Lipinski definition) is 0. The molecule has 0 saturated carbocycles. The highest BCUT2D eigenvalue weighted by Crippen LogP contribution is 2.21. The van der Waals surface area contributed by atoms with Crippen molar-refractivity contribution in [3.63, 3.8) is 0 Å². The first-order valence-corrected chi connectivity index (χ1v) is 9.45. The number of carbonyl (C=O) groups is 1. The van der Waals surface area contributed by atoms with Gasteiger partial charge in [0.2, 0.25) is 0 Å². The molecule has 0 aliphatic carbocycles. The predicted octanol–water partition coefficient (Wildman–Crippen LogP) is 3.42. The quantitative estimate of drug-likeness (QED) is 0.601. The Morgan fingerprint density at radius 3 is 2.69 bits per heavy atom. The number of imidazole rings is 1. The van der Waals surface area contributed by atoms with E-state index in [0.29, 0.717) is 6.54 Å². The number of benzene rings is 1. The topological polar surface area (TPSA) is 51.0 Å². The van der Waals surface area contributed by atoms with Gasteiger partial charge in [0, 0.05) is 56.7 Å². The smallest absolute Gasteiger partial charge is 0.253 e. The minimum atomic E-state index is 0.0443. The first kappa shape index (κ1) is 18.2. The summed E-state index contributed by atoms with van der Waals surface area (Å²) in [7, 11) is 3.83. The Morgan fingerprint density at radius 2 is 1.96 bits per heavy atom. The van der Waals surface area contributed by atoms with E-state index in [0.717, 1.165) is 28.5 Å². The van der Waals surface area contributed by atoms with E-state index >= 15 is 0 Å². The Balaban J connectivity index is 1.59. The normalized spacial score (nSPS) is 10.7. The standard InChI is InChI=1S/C20H22N4OS/c1-23(12-8-16-6-9-21-10-7-16)19(25)18-5-3-4-17(14-18)15-26-20-22-11-13-24(20)2/h3-7,9-11,13-14H,8,12,15H2,1-2H3. The summed E-state index contributed by atoms with van der Waals surface area (Å²) in [4.78, 5) is 22.8. The molecule has 0 bridgehead atoms. The Kier molecular flexibility index (Phi) is 6.07. The van der Waals surface area contributed by atoms with Crippen LogP contribution in [0.25, 0.3) is 0 Å². The number of amides is 1. The summed E-state index contributed by atoms with van der Waals surface area (Å²) in [6.45, 7) is 0.676. The van der Waals surface area contributed by atoms with E-state index in [1.165, 1.54) is 5.56 Å². The number of rotatable bonds is 7. The molecule has 1 amide bonds. The molecule has 0 spiro atoms. The van der Waals surface area contributed by atoms with Crippen LogP contribution in [0, 0.1) is 0 Å². The summed E-state index contributed by atoms with van der Waals surface area (Å²) in [6.07, 6.45) is 8.10. The van der Waals surface area contributed by atoms with Gasteiger partial charge in [0.25, 0.3) is 5.91 Å². The molecule has 0 aliphatic heterocycles. The van der Waals surface area contributed by atoms with Gasteiger partial charge in [-0.1, -0.05) is 23.9 Å². The summed E-state index contributed by atoms with van der Waals surface area (Å²) in [5, 5.41) is 0.969. The lowest BCUT2D eigenvalue weighted by atomic mass is 10.1. The van der Waals surface area contributed by atoms with E-state index in [-0.39, 0.29) is 5.91 Å². The molecule has 3 rings (SSSR count). The highest BCUT2D eigenvalue weighted by molar-refractivity contribution is 7.98. The van der Waals surface area contributed by atoms with Gasteiger partial charge in [-0.3, -0.25) is 9.78 Å². The largest absolute Gasteiger partial charge is 0.341 e.